The summed E-state index contributed by atoms with van der Waals surface area (Å²) in [5, 5.41) is 2.50. The fraction of sp³-hybridized carbons (Fsp3) is 0.778. The summed E-state index contributed by atoms with van der Waals surface area (Å²) in [6.07, 6.45) is 1.42. The molecule has 82 valence electrons. The predicted octanol–water partition coefficient (Wildman–Crippen LogP) is -0.506. The predicted molar refractivity (Wildman–Crippen MR) is 54.3 cm³/mol. The molecule has 0 saturated carbocycles. The molecule has 0 aliphatic heterocycles. The van der Waals surface area contributed by atoms with Gasteiger partial charge in [0.15, 0.2) is 0 Å². The maximum absolute atomic E-state index is 11.4. The van der Waals surface area contributed by atoms with Crippen LogP contribution in [0.4, 0.5) is 0 Å². The van der Waals surface area contributed by atoms with Crippen molar-refractivity contribution in [3.05, 3.63) is 0 Å². The third-order valence-electron chi connectivity index (χ3n) is 1.99. The normalized spacial score (nSPS) is 13.4. The number of carbonyl (C=O) groups is 2. The van der Waals surface area contributed by atoms with Crippen LogP contribution in [0.25, 0.3) is 0 Å². The molecule has 5 nitrogen and oxygen atoms in total. The van der Waals surface area contributed by atoms with Crippen molar-refractivity contribution in [2.45, 2.75) is 45.2 Å². The van der Waals surface area contributed by atoms with Crippen molar-refractivity contribution < 1.29 is 9.59 Å². The smallest absolute Gasteiger partial charge is 0.242 e. The zero-order chi connectivity index (χ0) is 11.4. The van der Waals surface area contributed by atoms with E-state index >= 15 is 0 Å². The van der Waals surface area contributed by atoms with Crippen molar-refractivity contribution in [1.82, 2.24) is 5.32 Å². The summed E-state index contributed by atoms with van der Waals surface area (Å²) in [5.41, 5.74) is 9.63. The highest BCUT2D eigenvalue weighted by molar-refractivity contribution is 5.91. The quantitative estimate of drug-likeness (QED) is 0.559. The first kappa shape index (κ1) is 12.9. The lowest BCUT2D eigenvalue weighted by atomic mass is 10.0. The Labute approximate surface area is 84.2 Å². The molecule has 14 heavy (non-hydrogen) atoms. The summed E-state index contributed by atoms with van der Waals surface area (Å²) in [7, 11) is 0. The van der Waals surface area contributed by atoms with E-state index in [1.165, 1.54) is 0 Å². The molecule has 0 aromatic heterocycles. The molecule has 0 saturated heterocycles. The van der Waals surface area contributed by atoms with Crippen LogP contribution in [-0.2, 0) is 9.59 Å². The van der Waals surface area contributed by atoms with E-state index in [-0.39, 0.29) is 5.91 Å². The number of nitrogens with two attached hydrogens (primary N) is 2. The van der Waals surface area contributed by atoms with Crippen molar-refractivity contribution in [1.29, 1.82) is 0 Å². The second-order valence-electron chi connectivity index (χ2n) is 3.87. The summed E-state index contributed by atoms with van der Waals surface area (Å²) in [6, 6.07) is -0.571. The lowest BCUT2D eigenvalue weighted by Crippen LogP contribution is -2.56. The van der Waals surface area contributed by atoms with Gasteiger partial charge in [-0.25, -0.2) is 0 Å². The van der Waals surface area contributed by atoms with Gasteiger partial charge in [-0.2, -0.15) is 0 Å². The van der Waals surface area contributed by atoms with Gasteiger partial charge in [-0.15, -0.1) is 0 Å². The van der Waals surface area contributed by atoms with Crippen molar-refractivity contribution in [2.75, 3.05) is 0 Å². The number of primary amides is 1. The topological polar surface area (TPSA) is 98.2 Å². The Kier molecular flexibility index (Phi) is 4.56. The molecule has 5 heteroatoms. The molecule has 0 spiro atoms. The summed E-state index contributed by atoms with van der Waals surface area (Å²) >= 11 is 0. The van der Waals surface area contributed by atoms with Crippen molar-refractivity contribution in [3.8, 4) is 0 Å². The van der Waals surface area contributed by atoms with Crippen LogP contribution < -0.4 is 16.8 Å². The minimum Gasteiger partial charge on any atom is -0.368 e. The van der Waals surface area contributed by atoms with Crippen LogP contribution in [0.2, 0.25) is 0 Å². The van der Waals surface area contributed by atoms with Gasteiger partial charge in [0, 0.05) is 0 Å². The Balaban J connectivity index is 4.24. The molecule has 0 aromatic rings. The van der Waals surface area contributed by atoms with E-state index in [4.69, 9.17) is 11.5 Å². The number of hydrogen-bond acceptors (Lipinski definition) is 3. The molecule has 1 unspecified atom stereocenters. The molecule has 0 rings (SSSR count). The van der Waals surface area contributed by atoms with Crippen LogP contribution in [0.5, 0.6) is 0 Å². The Morgan fingerprint density at radius 3 is 2.29 bits per heavy atom. The third kappa shape index (κ3) is 3.74. The van der Waals surface area contributed by atoms with Crippen molar-refractivity contribution in [3.63, 3.8) is 0 Å². The van der Waals surface area contributed by atoms with E-state index in [9.17, 15) is 9.59 Å². The Hall–Kier alpha value is -1.10. The van der Waals surface area contributed by atoms with E-state index in [0.29, 0.717) is 6.42 Å². The SMILES string of the molecule is CCCC(N)C(=O)NC(C)(C)C(N)=O. The third-order valence-corrected chi connectivity index (χ3v) is 1.99. The van der Waals surface area contributed by atoms with Gasteiger partial charge < -0.3 is 16.8 Å². The van der Waals surface area contributed by atoms with Gasteiger partial charge in [0.2, 0.25) is 11.8 Å². The van der Waals surface area contributed by atoms with Crippen molar-refractivity contribution >= 4 is 11.8 Å². The van der Waals surface area contributed by atoms with E-state index in [1.54, 1.807) is 13.8 Å². The van der Waals surface area contributed by atoms with Gasteiger partial charge in [-0.05, 0) is 20.3 Å². The number of rotatable bonds is 5. The minimum absolute atomic E-state index is 0.337. The van der Waals surface area contributed by atoms with E-state index in [0.717, 1.165) is 6.42 Å². The zero-order valence-corrected chi connectivity index (χ0v) is 8.96. The maximum Gasteiger partial charge on any atom is 0.242 e. The number of carbonyl (C=O) groups excluding carboxylic acids is 2. The maximum atomic E-state index is 11.4. The number of nitrogens with one attached hydrogen (secondary N) is 1. The number of hydrogen-bond donors (Lipinski definition) is 3. The van der Waals surface area contributed by atoms with Crippen LogP contribution in [0.1, 0.15) is 33.6 Å². The molecule has 2 amide bonds. The molecule has 1 atom stereocenters. The fourth-order valence-corrected chi connectivity index (χ4v) is 0.904. The summed E-state index contributed by atoms with van der Waals surface area (Å²) < 4.78 is 0. The first-order valence-corrected chi connectivity index (χ1v) is 4.68. The largest absolute Gasteiger partial charge is 0.368 e. The molecule has 0 aliphatic carbocycles. The van der Waals surface area contributed by atoms with Gasteiger partial charge >= 0.3 is 0 Å². The van der Waals surface area contributed by atoms with Gasteiger partial charge in [-0.1, -0.05) is 13.3 Å². The summed E-state index contributed by atoms with van der Waals surface area (Å²) in [4.78, 5) is 22.3. The molecule has 0 aromatic carbocycles. The Morgan fingerprint density at radius 1 is 1.43 bits per heavy atom. The second-order valence-corrected chi connectivity index (χ2v) is 3.87. The van der Waals surface area contributed by atoms with E-state index in [1.807, 2.05) is 6.92 Å². The standard InChI is InChI=1S/C9H19N3O2/c1-4-5-6(10)7(13)12-9(2,3)8(11)14/h6H,4-5,10H2,1-3H3,(H2,11,14)(H,12,13). The molecule has 0 fully saturated rings. The molecule has 0 heterocycles. The fourth-order valence-electron chi connectivity index (χ4n) is 0.904. The van der Waals surface area contributed by atoms with Gasteiger partial charge in [-0.3, -0.25) is 9.59 Å². The lowest BCUT2D eigenvalue weighted by Gasteiger charge is -2.24. The molecular formula is C9H19N3O2. The van der Waals surface area contributed by atoms with Gasteiger partial charge in [0.1, 0.15) is 5.54 Å². The zero-order valence-electron chi connectivity index (χ0n) is 8.96. The molecule has 0 bridgehead atoms. The van der Waals surface area contributed by atoms with Crippen LogP contribution >= 0.6 is 0 Å². The van der Waals surface area contributed by atoms with Crippen LogP contribution in [0.15, 0.2) is 0 Å². The minimum atomic E-state index is -1.04. The monoisotopic (exact) mass is 201 g/mol. The van der Waals surface area contributed by atoms with Gasteiger partial charge in [0.05, 0.1) is 6.04 Å². The Morgan fingerprint density at radius 2 is 1.93 bits per heavy atom. The lowest BCUT2D eigenvalue weighted by molar-refractivity contribution is -0.131. The highest BCUT2D eigenvalue weighted by atomic mass is 16.2. The molecule has 0 aliphatic rings. The second kappa shape index (κ2) is 4.95. The summed E-state index contributed by atoms with van der Waals surface area (Å²) in [6.45, 7) is 5.03. The average Bonchev–Trinajstić information content (AvgIpc) is 2.03. The highest BCUT2D eigenvalue weighted by Crippen LogP contribution is 2.02. The first-order chi connectivity index (χ1) is 6.31. The first-order valence-electron chi connectivity index (χ1n) is 4.68. The van der Waals surface area contributed by atoms with Crippen molar-refractivity contribution in [2.24, 2.45) is 11.5 Å². The Bertz CT molecular complexity index is 226. The summed E-state index contributed by atoms with van der Waals surface area (Å²) in [5.74, 6) is -0.912. The van der Waals surface area contributed by atoms with Crippen LogP contribution in [0.3, 0.4) is 0 Å². The highest BCUT2D eigenvalue weighted by Gasteiger charge is 2.28. The molecule has 5 N–H and O–H groups in total. The number of amides is 2. The molecule has 0 radical (unpaired) electrons. The van der Waals surface area contributed by atoms with Gasteiger partial charge in [0.25, 0.3) is 0 Å². The van der Waals surface area contributed by atoms with E-state index < -0.39 is 17.5 Å². The average molecular weight is 201 g/mol. The van der Waals surface area contributed by atoms with Crippen LogP contribution in [0, 0.1) is 0 Å². The molecular weight excluding hydrogens is 182 g/mol. The van der Waals surface area contributed by atoms with E-state index in [2.05, 4.69) is 5.32 Å². The van der Waals surface area contributed by atoms with Crippen LogP contribution in [-0.4, -0.2) is 23.4 Å².